The molecule has 0 aliphatic heterocycles. The Morgan fingerprint density at radius 3 is 2.41 bits per heavy atom. The van der Waals surface area contributed by atoms with E-state index in [9.17, 15) is 0 Å². The lowest BCUT2D eigenvalue weighted by Crippen LogP contribution is -2.28. The van der Waals surface area contributed by atoms with Crippen LogP contribution in [0.25, 0.3) is 12.2 Å². The third-order valence-corrected chi connectivity index (χ3v) is 3.39. The Bertz CT molecular complexity index is 721. The predicted molar refractivity (Wildman–Crippen MR) is 95.4 cm³/mol. The van der Waals surface area contributed by atoms with Crippen LogP contribution in [0.2, 0.25) is 0 Å². The van der Waals surface area contributed by atoms with Gasteiger partial charge in [-0.15, -0.1) is 0 Å². The van der Waals surface area contributed by atoms with Crippen LogP contribution in [0, 0.1) is 0 Å². The lowest BCUT2D eigenvalue weighted by Gasteiger charge is -2.07. The molecule has 116 valence electrons. The molecule has 2 nitrogen and oxygen atoms in total. The topological polar surface area (TPSA) is 22.1 Å². The summed E-state index contributed by atoms with van der Waals surface area (Å²) in [6.45, 7) is 16.0. The molecule has 2 heteroatoms. The average molecular weight is 295 g/mol. The van der Waals surface area contributed by atoms with Crippen molar-refractivity contribution in [2.24, 2.45) is 0 Å². The van der Waals surface area contributed by atoms with Crippen LogP contribution in [-0.4, -0.2) is 4.98 Å². The quantitative estimate of drug-likeness (QED) is 0.588. The Hall–Kier alpha value is -2.35. The Morgan fingerprint density at radius 1 is 1.14 bits per heavy atom. The molecule has 0 N–H and O–H groups in total. The van der Waals surface area contributed by atoms with Crippen molar-refractivity contribution >= 4 is 12.2 Å². The van der Waals surface area contributed by atoms with Crippen LogP contribution < -0.4 is 10.6 Å². The maximum atomic E-state index is 5.79. The van der Waals surface area contributed by atoms with Gasteiger partial charge in [-0.2, -0.15) is 0 Å². The van der Waals surface area contributed by atoms with Crippen LogP contribution in [0.1, 0.15) is 33.4 Å². The summed E-state index contributed by atoms with van der Waals surface area (Å²) in [5.74, 6) is 0.825. The second-order valence-electron chi connectivity index (χ2n) is 4.94. The van der Waals surface area contributed by atoms with Crippen LogP contribution in [0.5, 0.6) is 0 Å². The third kappa shape index (κ3) is 4.88. The molecule has 0 fully saturated rings. The van der Waals surface area contributed by atoms with Crippen molar-refractivity contribution in [3.63, 3.8) is 0 Å². The van der Waals surface area contributed by atoms with Gasteiger partial charge in [-0.05, 0) is 56.2 Å². The van der Waals surface area contributed by atoms with Gasteiger partial charge < -0.3 is 4.74 Å². The van der Waals surface area contributed by atoms with Crippen LogP contribution in [0.3, 0.4) is 0 Å². The van der Waals surface area contributed by atoms with Gasteiger partial charge in [-0.3, -0.25) is 0 Å². The number of aromatic nitrogens is 1. The molecule has 0 amide bonds. The summed E-state index contributed by atoms with van der Waals surface area (Å²) in [5.41, 5.74) is 3.00. The Labute approximate surface area is 133 Å². The van der Waals surface area contributed by atoms with Gasteiger partial charge >= 0.3 is 0 Å². The number of pyridine rings is 1. The summed E-state index contributed by atoms with van der Waals surface area (Å²) in [4.78, 5) is 4.60. The summed E-state index contributed by atoms with van der Waals surface area (Å²) >= 11 is 0. The van der Waals surface area contributed by atoms with E-state index in [1.54, 1.807) is 6.08 Å². The van der Waals surface area contributed by atoms with E-state index in [0.717, 1.165) is 33.2 Å². The molecule has 0 aromatic carbocycles. The first-order valence-electron chi connectivity index (χ1n) is 7.41. The minimum absolute atomic E-state index is 0.449. The molecule has 0 aliphatic rings. The van der Waals surface area contributed by atoms with E-state index in [1.807, 2.05) is 52.0 Å². The monoisotopic (exact) mass is 295 g/mol. The number of nitrogens with zero attached hydrogens (tertiary/aromatic N) is 1. The Morgan fingerprint density at radius 2 is 1.86 bits per heavy atom. The van der Waals surface area contributed by atoms with Crippen molar-refractivity contribution in [2.75, 3.05) is 0 Å². The second-order valence-corrected chi connectivity index (χ2v) is 4.94. The van der Waals surface area contributed by atoms with Gasteiger partial charge in [0.15, 0.2) is 0 Å². The highest BCUT2D eigenvalue weighted by Crippen LogP contribution is 2.12. The molecule has 0 bridgehead atoms. The standard InChI is InChI=1S/C20H25NO/c1-7-15(5)18(9-3)13-16(6)22-14-19-12-11-17(8-2)20(10-4)21-19/h7-13H,1,3,14H2,2,4-6H3/b16-13+,17-8-,18-15+,20-10+. The van der Waals surface area contributed by atoms with Crippen LogP contribution in [0.15, 0.2) is 60.4 Å². The molecule has 1 aromatic heterocycles. The fraction of sp³-hybridized carbons (Fsp3) is 0.250. The highest BCUT2D eigenvalue weighted by Gasteiger charge is 1.99. The van der Waals surface area contributed by atoms with Crippen molar-refractivity contribution in [1.82, 2.24) is 4.98 Å². The normalized spacial score (nSPS) is 14.6. The highest BCUT2D eigenvalue weighted by molar-refractivity contribution is 5.39. The molecule has 1 heterocycles. The summed E-state index contributed by atoms with van der Waals surface area (Å²) < 4.78 is 5.79. The fourth-order valence-corrected chi connectivity index (χ4v) is 1.98. The van der Waals surface area contributed by atoms with Crippen molar-refractivity contribution < 1.29 is 4.74 Å². The minimum atomic E-state index is 0.449. The maximum Gasteiger partial charge on any atom is 0.130 e. The highest BCUT2D eigenvalue weighted by atomic mass is 16.5. The minimum Gasteiger partial charge on any atom is -0.492 e. The zero-order chi connectivity index (χ0) is 16.5. The first-order chi connectivity index (χ1) is 10.5. The molecule has 0 unspecified atom stereocenters. The largest absolute Gasteiger partial charge is 0.492 e. The number of rotatable bonds is 6. The molecule has 1 rings (SSSR count). The molecule has 0 spiro atoms. The SMILES string of the molecule is C=C/C(C)=C(C=C)/C=C(\C)OCc1ccc(=C/C)/c(=C\C)n1. The van der Waals surface area contributed by atoms with Crippen molar-refractivity contribution in [3.8, 4) is 0 Å². The van der Waals surface area contributed by atoms with Crippen LogP contribution in [0.4, 0.5) is 0 Å². The molecule has 0 atom stereocenters. The summed E-state index contributed by atoms with van der Waals surface area (Å²) in [5, 5.41) is 2.12. The van der Waals surface area contributed by atoms with E-state index >= 15 is 0 Å². The smallest absolute Gasteiger partial charge is 0.130 e. The Kier molecular flexibility index (Phi) is 7.11. The van der Waals surface area contributed by atoms with E-state index in [4.69, 9.17) is 4.74 Å². The zero-order valence-corrected chi connectivity index (χ0v) is 14.0. The zero-order valence-electron chi connectivity index (χ0n) is 14.0. The number of hydrogen-bond donors (Lipinski definition) is 0. The molecule has 1 aromatic rings. The molecular weight excluding hydrogens is 270 g/mol. The van der Waals surface area contributed by atoms with Gasteiger partial charge in [-0.25, -0.2) is 4.98 Å². The van der Waals surface area contributed by atoms with Gasteiger partial charge in [0.05, 0.1) is 16.8 Å². The summed E-state index contributed by atoms with van der Waals surface area (Å²) in [6.07, 6.45) is 9.64. The first-order valence-corrected chi connectivity index (χ1v) is 7.41. The predicted octanol–water partition coefficient (Wildman–Crippen LogP) is 3.79. The number of allylic oxidation sites excluding steroid dienone is 6. The van der Waals surface area contributed by atoms with Crippen LogP contribution >= 0.6 is 0 Å². The molecule has 0 aliphatic carbocycles. The Balaban J connectivity index is 2.91. The van der Waals surface area contributed by atoms with Gasteiger partial charge in [0.2, 0.25) is 0 Å². The lowest BCUT2D eigenvalue weighted by molar-refractivity contribution is 0.197. The number of hydrogen-bond acceptors (Lipinski definition) is 2. The summed E-state index contributed by atoms with van der Waals surface area (Å²) in [7, 11) is 0. The molecule has 0 saturated carbocycles. The lowest BCUT2D eigenvalue weighted by atomic mass is 10.1. The second kappa shape index (κ2) is 8.83. The van der Waals surface area contributed by atoms with Gasteiger partial charge in [0.1, 0.15) is 6.61 Å². The third-order valence-electron chi connectivity index (χ3n) is 3.39. The number of ether oxygens (including phenoxy) is 1. The van der Waals surface area contributed by atoms with E-state index in [-0.39, 0.29) is 0 Å². The van der Waals surface area contributed by atoms with Gasteiger partial charge in [-0.1, -0.05) is 43.5 Å². The van der Waals surface area contributed by atoms with Gasteiger partial charge in [0.25, 0.3) is 0 Å². The maximum absolute atomic E-state index is 5.79. The van der Waals surface area contributed by atoms with E-state index < -0.39 is 0 Å². The van der Waals surface area contributed by atoms with Crippen molar-refractivity contribution in [2.45, 2.75) is 34.3 Å². The molecular formula is C20H25NO. The van der Waals surface area contributed by atoms with Gasteiger partial charge in [0, 0.05) is 0 Å². The van der Waals surface area contributed by atoms with E-state index in [2.05, 4.69) is 30.3 Å². The average Bonchev–Trinajstić information content (AvgIpc) is 2.56. The molecule has 22 heavy (non-hydrogen) atoms. The van der Waals surface area contributed by atoms with E-state index in [0.29, 0.717) is 6.61 Å². The summed E-state index contributed by atoms with van der Waals surface area (Å²) in [6, 6.07) is 4.06. The molecule has 0 radical (unpaired) electrons. The fourth-order valence-electron chi connectivity index (χ4n) is 1.98. The van der Waals surface area contributed by atoms with Crippen molar-refractivity contribution in [1.29, 1.82) is 0 Å². The first kappa shape index (κ1) is 17.7. The molecule has 0 saturated heterocycles. The van der Waals surface area contributed by atoms with Crippen molar-refractivity contribution in [3.05, 3.63) is 76.7 Å². The van der Waals surface area contributed by atoms with E-state index in [1.165, 1.54) is 0 Å². The van der Waals surface area contributed by atoms with Crippen LogP contribution in [-0.2, 0) is 11.3 Å².